The van der Waals surface area contributed by atoms with Crippen LogP contribution in [0.25, 0.3) is 0 Å². The van der Waals surface area contributed by atoms with E-state index in [2.05, 4.69) is 17.6 Å². The Morgan fingerprint density at radius 3 is 2.67 bits per heavy atom. The molecule has 0 heterocycles. The Bertz CT molecular complexity index is 731. The Kier molecular flexibility index (Phi) is 6.32. The summed E-state index contributed by atoms with van der Waals surface area (Å²) in [7, 11) is 0. The number of nitrogens with one attached hydrogen (secondary N) is 2. The van der Waals surface area contributed by atoms with E-state index in [0.717, 1.165) is 23.4 Å². The highest BCUT2D eigenvalue weighted by Crippen LogP contribution is 2.19. The van der Waals surface area contributed by atoms with Crippen LogP contribution in [0.1, 0.15) is 36.2 Å². The third-order valence-electron chi connectivity index (χ3n) is 3.51. The third-order valence-corrected chi connectivity index (χ3v) is 3.72. The number of rotatable bonds is 5. The van der Waals surface area contributed by atoms with Gasteiger partial charge in [-0.15, -0.1) is 0 Å². The molecule has 0 spiro atoms. The molecule has 0 aromatic heterocycles. The van der Waals surface area contributed by atoms with Crippen LogP contribution in [0, 0.1) is 6.92 Å². The maximum Gasteiger partial charge on any atom is 0.257 e. The highest BCUT2D eigenvalue weighted by molar-refractivity contribution is 7.80. The molecule has 2 aromatic rings. The molecule has 2 rings (SSSR count). The van der Waals surface area contributed by atoms with Gasteiger partial charge in [0.1, 0.15) is 5.75 Å². The molecule has 0 saturated heterocycles. The molecule has 1 atom stereocenters. The number of amides is 1. The molecule has 0 bridgehead atoms. The van der Waals surface area contributed by atoms with Gasteiger partial charge < -0.3 is 10.1 Å². The number of anilines is 1. The van der Waals surface area contributed by atoms with Gasteiger partial charge >= 0.3 is 0 Å². The summed E-state index contributed by atoms with van der Waals surface area (Å²) < 4.78 is 5.78. The maximum absolute atomic E-state index is 12.2. The van der Waals surface area contributed by atoms with Crippen LogP contribution >= 0.6 is 12.2 Å². The minimum Gasteiger partial charge on any atom is -0.491 e. The molecule has 0 fully saturated rings. The van der Waals surface area contributed by atoms with Gasteiger partial charge in [-0.25, -0.2) is 0 Å². The van der Waals surface area contributed by atoms with E-state index in [0.29, 0.717) is 5.56 Å². The van der Waals surface area contributed by atoms with E-state index in [1.54, 1.807) is 6.07 Å². The number of hydrogen-bond donors (Lipinski definition) is 2. The second-order valence-electron chi connectivity index (χ2n) is 5.64. The molecule has 0 saturated carbocycles. The van der Waals surface area contributed by atoms with E-state index >= 15 is 0 Å². The predicted molar refractivity (Wildman–Crippen MR) is 102 cm³/mol. The standard InChI is InChI=1S/C19H22N2O2S/c1-4-14(3)23-17-10-6-9-16(12-17)20-19(24)21-18(22)15-8-5-7-13(2)11-15/h5-12,14H,4H2,1-3H3,(H2,20,21,22,24). The minimum atomic E-state index is -0.233. The van der Waals surface area contributed by atoms with Crippen molar-refractivity contribution >= 4 is 28.9 Å². The van der Waals surface area contributed by atoms with Crippen molar-refractivity contribution in [2.24, 2.45) is 0 Å². The lowest BCUT2D eigenvalue weighted by Crippen LogP contribution is -2.34. The number of hydrogen-bond acceptors (Lipinski definition) is 3. The molecule has 126 valence electrons. The number of benzene rings is 2. The van der Waals surface area contributed by atoms with E-state index in [1.807, 2.05) is 56.3 Å². The number of carbonyl (C=O) groups excluding carboxylic acids is 1. The van der Waals surface area contributed by atoms with Crippen molar-refractivity contribution in [2.75, 3.05) is 5.32 Å². The minimum absolute atomic E-state index is 0.147. The largest absolute Gasteiger partial charge is 0.491 e. The van der Waals surface area contributed by atoms with Crippen molar-refractivity contribution < 1.29 is 9.53 Å². The summed E-state index contributed by atoms with van der Waals surface area (Å²) in [4.78, 5) is 12.2. The zero-order valence-electron chi connectivity index (χ0n) is 14.1. The van der Waals surface area contributed by atoms with E-state index in [9.17, 15) is 4.79 Å². The summed E-state index contributed by atoms with van der Waals surface area (Å²) in [6, 6.07) is 14.9. The van der Waals surface area contributed by atoms with E-state index in [-0.39, 0.29) is 17.1 Å². The number of aryl methyl sites for hydroxylation is 1. The number of carbonyl (C=O) groups is 1. The number of ether oxygens (including phenoxy) is 1. The van der Waals surface area contributed by atoms with Crippen LogP contribution in [0.2, 0.25) is 0 Å². The van der Waals surface area contributed by atoms with Crippen LogP contribution in [0.3, 0.4) is 0 Å². The van der Waals surface area contributed by atoms with Crippen molar-refractivity contribution in [1.29, 1.82) is 0 Å². The van der Waals surface area contributed by atoms with Crippen molar-refractivity contribution in [3.8, 4) is 5.75 Å². The lowest BCUT2D eigenvalue weighted by molar-refractivity contribution is 0.0977. The molecule has 1 unspecified atom stereocenters. The summed E-state index contributed by atoms with van der Waals surface area (Å²) in [5.74, 6) is 0.533. The Balaban J connectivity index is 1.97. The summed E-state index contributed by atoms with van der Waals surface area (Å²) >= 11 is 5.22. The molecule has 24 heavy (non-hydrogen) atoms. The normalized spacial score (nSPS) is 11.5. The van der Waals surface area contributed by atoms with E-state index in [1.165, 1.54) is 0 Å². The number of thiocarbonyl (C=S) groups is 1. The zero-order valence-corrected chi connectivity index (χ0v) is 14.9. The van der Waals surface area contributed by atoms with Crippen LogP contribution in [0.15, 0.2) is 48.5 Å². The van der Waals surface area contributed by atoms with Crippen molar-refractivity contribution in [1.82, 2.24) is 5.32 Å². The molecule has 2 aromatic carbocycles. The quantitative estimate of drug-likeness (QED) is 0.796. The fourth-order valence-electron chi connectivity index (χ4n) is 2.09. The van der Waals surface area contributed by atoms with Crippen LogP contribution in [-0.4, -0.2) is 17.1 Å². The Morgan fingerprint density at radius 1 is 1.21 bits per heavy atom. The first kappa shape index (κ1) is 17.9. The van der Waals surface area contributed by atoms with Gasteiger partial charge in [0.25, 0.3) is 5.91 Å². The molecular formula is C19H22N2O2S. The molecular weight excluding hydrogens is 320 g/mol. The first-order valence-corrected chi connectivity index (χ1v) is 8.34. The SMILES string of the molecule is CCC(C)Oc1cccc(NC(=S)NC(=O)c2cccc(C)c2)c1. The third kappa shape index (κ3) is 5.35. The van der Waals surface area contributed by atoms with Gasteiger partial charge in [-0.05, 0) is 56.8 Å². The zero-order chi connectivity index (χ0) is 17.5. The molecule has 1 amide bonds. The molecule has 0 aliphatic heterocycles. The van der Waals surface area contributed by atoms with Gasteiger partial charge in [0.15, 0.2) is 5.11 Å². The molecule has 0 radical (unpaired) electrons. The molecule has 2 N–H and O–H groups in total. The van der Waals surface area contributed by atoms with Crippen LogP contribution in [0.4, 0.5) is 5.69 Å². The highest BCUT2D eigenvalue weighted by Gasteiger charge is 2.08. The van der Waals surface area contributed by atoms with Crippen molar-refractivity contribution in [3.05, 3.63) is 59.7 Å². The average molecular weight is 342 g/mol. The average Bonchev–Trinajstić information content (AvgIpc) is 2.54. The first-order chi connectivity index (χ1) is 11.5. The topological polar surface area (TPSA) is 50.4 Å². The highest BCUT2D eigenvalue weighted by atomic mass is 32.1. The van der Waals surface area contributed by atoms with Crippen LogP contribution < -0.4 is 15.4 Å². The van der Waals surface area contributed by atoms with Gasteiger partial charge in [-0.3, -0.25) is 10.1 Å². The van der Waals surface area contributed by atoms with E-state index < -0.39 is 0 Å². The fourth-order valence-corrected chi connectivity index (χ4v) is 2.30. The van der Waals surface area contributed by atoms with Crippen LogP contribution in [0.5, 0.6) is 5.75 Å². The molecule has 4 nitrogen and oxygen atoms in total. The van der Waals surface area contributed by atoms with E-state index in [4.69, 9.17) is 17.0 Å². The summed E-state index contributed by atoms with van der Waals surface area (Å²) in [5.41, 5.74) is 2.37. The molecule has 0 aliphatic carbocycles. The summed E-state index contributed by atoms with van der Waals surface area (Å²) in [6.45, 7) is 6.03. The fraction of sp³-hybridized carbons (Fsp3) is 0.263. The Hall–Kier alpha value is -2.40. The van der Waals surface area contributed by atoms with Gasteiger partial charge in [0.05, 0.1) is 6.10 Å². The van der Waals surface area contributed by atoms with Gasteiger partial charge in [-0.1, -0.05) is 30.7 Å². The summed E-state index contributed by atoms with van der Waals surface area (Å²) in [6.07, 6.45) is 1.08. The lowest BCUT2D eigenvalue weighted by atomic mass is 10.1. The molecule has 5 heteroatoms. The maximum atomic E-state index is 12.2. The Labute approximate surface area is 148 Å². The second kappa shape index (κ2) is 8.45. The van der Waals surface area contributed by atoms with Crippen molar-refractivity contribution in [3.63, 3.8) is 0 Å². The molecule has 0 aliphatic rings. The smallest absolute Gasteiger partial charge is 0.257 e. The second-order valence-corrected chi connectivity index (χ2v) is 6.05. The van der Waals surface area contributed by atoms with Gasteiger partial charge in [0, 0.05) is 17.3 Å². The van der Waals surface area contributed by atoms with Gasteiger partial charge in [0.2, 0.25) is 0 Å². The lowest BCUT2D eigenvalue weighted by Gasteiger charge is -2.14. The van der Waals surface area contributed by atoms with Crippen LogP contribution in [-0.2, 0) is 0 Å². The summed E-state index contributed by atoms with van der Waals surface area (Å²) in [5, 5.41) is 5.94. The van der Waals surface area contributed by atoms with Crippen molar-refractivity contribution in [2.45, 2.75) is 33.3 Å². The van der Waals surface area contributed by atoms with Gasteiger partial charge in [-0.2, -0.15) is 0 Å². The first-order valence-electron chi connectivity index (χ1n) is 7.93. The Morgan fingerprint density at radius 2 is 1.96 bits per heavy atom. The monoisotopic (exact) mass is 342 g/mol. The predicted octanol–water partition coefficient (Wildman–Crippen LogP) is 4.30.